The Balaban J connectivity index is 1.89. The van der Waals surface area contributed by atoms with Crippen LogP contribution < -0.4 is 10.1 Å². The molecule has 0 aliphatic carbocycles. The zero-order valence-electron chi connectivity index (χ0n) is 14.3. The van der Waals surface area contributed by atoms with Crippen LogP contribution in [0.25, 0.3) is 0 Å². The van der Waals surface area contributed by atoms with E-state index in [1.807, 2.05) is 38.1 Å². The molecule has 2 N–H and O–H groups in total. The second-order valence-corrected chi connectivity index (χ2v) is 6.36. The first kappa shape index (κ1) is 17.8. The summed E-state index contributed by atoms with van der Waals surface area (Å²) in [7, 11) is 1.63. The summed E-state index contributed by atoms with van der Waals surface area (Å²) in [5.41, 5.74) is 1.02. The van der Waals surface area contributed by atoms with E-state index in [-0.39, 0.29) is 18.1 Å². The molecule has 1 amide bonds. The van der Waals surface area contributed by atoms with Gasteiger partial charge in [-0.25, -0.2) is 0 Å². The molecule has 128 valence electrons. The van der Waals surface area contributed by atoms with Gasteiger partial charge in [-0.05, 0) is 57.4 Å². The fourth-order valence-electron chi connectivity index (χ4n) is 3.28. The number of nitrogens with zero attached hydrogens (tertiary/aromatic N) is 1. The molecule has 1 saturated heterocycles. The molecule has 1 aliphatic heterocycles. The van der Waals surface area contributed by atoms with Gasteiger partial charge in [-0.2, -0.15) is 0 Å². The van der Waals surface area contributed by atoms with Crippen LogP contribution in [0.2, 0.25) is 0 Å². The number of nitrogens with one attached hydrogen (secondary N) is 1. The van der Waals surface area contributed by atoms with Crippen LogP contribution in [0.1, 0.15) is 38.7 Å². The molecule has 0 spiro atoms. The smallest absolute Gasteiger partial charge is 0.237 e. The molecular weight excluding hydrogens is 292 g/mol. The molecule has 0 radical (unpaired) electrons. The number of hydrogen-bond donors (Lipinski definition) is 2. The summed E-state index contributed by atoms with van der Waals surface area (Å²) in [6, 6.07) is 7.83. The van der Waals surface area contributed by atoms with Crippen molar-refractivity contribution in [2.75, 3.05) is 13.7 Å². The minimum absolute atomic E-state index is 0.0327. The van der Waals surface area contributed by atoms with Gasteiger partial charge in [-0.3, -0.25) is 9.69 Å². The van der Waals surface area contributed by atoms with Crippen LogP contribution in [0.3, 0.4) is 0 Å². The van der Waals surface area contributed by atoms with Gasteiger partial charge < -0.3 is 15.2 Å². The van der Waals surface area contributed by atoms with Crippen molar-refractivity contribution in [2.45, 2.75) is 57.8 Å². The molecular formula is C18H28N2O3. The van der Waals surface area contributed by atoms with Crippen LogP contribution in [0.15, 0.2) is 24.3 Å². The highest BCUT2D eigenvalue weighted by Crippen LogP contribution is 2.24. The largest absolute Gasteiger partial charge is 0.497 e. The summed E-state index contributed by atoms with van der Waals surface area (Å²) < 4.78 is 5.20. The van der Waals surface area contributed by atoms with E-state index < -0.39 is 0 Å². The molecule has 5 nitrogen and oxygen atoms in total. The third-order valence-electron chi connectivity index (χ3n) is 4.51. The fraction of sp³-hybridized carbons (Fsp3) is 0.611. The van der Waals surface area contributed by atoms with Crippen LogP contribution in [-0.4, -0.2) is 47.8 Å². The van der Waals surface area contributed by atoms with Crippen LogP contribution >= 0.6 is 0 Å². The Morgan fingerprint density at radius 2 is 2.26 bits per heavy atom. The summed E-state index contributed by atoms with van der Waals surface area (Å²) in [6.45, 7) is 5.17. The molecule has 23 heavy (non-hydrogen) atoms. The number of likely N-dealkylation sites (tertiary alicyclic amines) is 1. The van der Waals surface area contributed by atoms with Gasteiger partial charge in [0.15, 0.2) is 0 Å². The van der Waals surface area contributed by atoms with E-state index >= 15 is 0 Å². The Bertz CT molecular complexity index is 519. The number of benzene rings is 1. The number of aliphatic hydroxyl groups excluding tert-OH is 1. The van der Waals surface area contributed by atoms with Gasteiger partial charge in [0.1, 0.15) is 5.75 Å². The first-order valence-corrected chi connectivity index (χ1v) is 8.35. The first-order chi connectivity index (χ1) is 11.0. The van der Waals surface area contributed by atoms with E-state index in [1.165, 1.54) is 0 Å². The van der Waals surface area contributed by atoms with Crippen molar-refractivity contribution in [3.63, 3.8) is 0 Å². The Morgan fingerprint density at radius 1 is 1.48 bits per heavy atom. The lowest BCUT2D eigenvalue weighted by molar-refractivity contribution is -0.126. The van der Waals surface area contributed by atoms with Gasteiger partial charge in [0, 0.05) is 12.6 Å². The first-order valence-electron chi connectivity index (χ1n) is 8.35. The normalized spacial score (nSPS) is 21.0. The minimum Gasteiger partial charge on any atom is -0.497 e. The Morgan fingerprint density at radius 3 is 2.96 bits per heavy atom. The zero-order valence-corrected chi connectivity index (χ0v) is 14.3. The Kier molecular flexibility index (Phi) is 6.42. The van der Waals surface area contributed by atoms with E-state index in [0.29, 0.717) is 12.6 Å². The van der Waals surface area contributed by atoms with Gasteiger partial charge in [0.05, 0.1) is 19.3 Å². The number of amides is 1. The number of methoxy groups -OCH3 is 1. The van der Waals surface area contributed by atoms with Crippen molar-refractivity contribution in [3.8, 4) is 5.75 Å². The number of hydrogen-bond acceptors (Lipinski definition) is 4. The SMILES string of the molecule is COc1cccc(CNC(=O)C(C)N2CCCC2CC(C)O)c1. The van der Waals surface area contributed by atoms with Gasteiger partial charge >= 0.3 is 0 Å². The van der Waals surface area contributed by atoms with Crippen LogP contribution in [-0.2, 0) is 11.3 Å². The van der Waals surface area contributed by atoms with Crippen molar-refractivity contribution >= 4 is 5.91 Å². The van der Waals surface area contributed by atoms with E-state index in [0.717, 1.165) is 37.1 Å². The van der Waals surface area contributed by atoms with Crippen LogP contribution in [0, 0.1) is 0 Å². The van der Waals surface area contributed by atoms with E-state index in [4.69, 9.17) is 4.74 Å². The van der Waals surface area contributed by atoms with Gasteiger partial charge in [-0.1, -0.05) is 12.1 Å². The molecule has 1 fully saturated rings. The summed E-state index contributed by atoms with van der Waals surface area (Å²) >= 11 is 0. The standard InChI is InChI=1S/C18H28N2O3/c1-13(21)10-16-7-5-9-20(16)14(2)18(22)19-12-15-6-4-8-17(11-15)23-3/h4,6,8,11,13-14,16,21H,5,7,9-10,12H2,1-3H3,(H,19,22). The number of carbonyl (C=O) groups excluding carboxylic acids is 1. The summed E-state index contributed by atoms with van der Waals surface area (Å²) in [6.07, 6.45) is 2.55. The maximum absolute atomic E-state index is 12.4. The van der Waals surface area contributed by atoms with Crippen LogP contribution in [0.4, 0.5) is 0 Å². The minimum atomic E-state index is -0.326. The second-order valence-electron chi connectivity index (χ2n) is 6.36. The molecule has 1 heterocycles. The molecule has 5 heteroatoms. The highest BCUT2D eigenvalue weighted by molar-refractivity contribution is 5.81. The lowest BCUT2D eigenvalue weighted by atomic mass is 10.1. The predicted octanol–water partition coefficient (Wildman–Crippen LogP) is 1.94. The number of aliphatic hydroxyl groups is 1. The average molecular weight is 320 g/mol. The third kappa shape index (κ3) is 4.94. The molecule has 3 atom stereocenters. The second kappa shape index (κ2) is 8.31. The topological polar surface area (TPSA) is 61.8 Å². The molecule has 3 unspecified atom stereocenters. The summed E-state index contributed by atoms with van der Waals surface area (Å²) in [5.74, 6) is 0.826. The number of ether oxygens (including phenoxy) is 1. The maximum Gasteiger partial charge on any atom is 0.237 e. The average Bonchev–Trinajstić information content (AvgIpc) is 2.99. The highest BCUT2D eigenvalue weighted by atomic mass is 16.5. The third-order valence-corrected chi connectivity index (χ3v) is 4.51. The molecule has 0 saturated carbocycles. The molecule has 1 aromatic rings. The summed E-state index contributed by atoms with van der Waals surface area (Å²) in [4.78, 5) is 14.7. The molecule has 0 aromatic heterocycles. The van der Waals surface area contributed by atoms with E-state index in [2.05, 4.69) is 10.2 Å². The molecule has 0 bridgehead atoms. The number of carbonyl (C=O) groups is 1. The van der Waals surface area contributed by atoms with Gasteiger partial charge in [-0.15, -0.1) is 0 Å². The molecule has 1 aliphatic rings. The van der Waals surface area contributed by atoms with Gasteiger partial charge in [0.25, 0.3) is 0 Å². The van der Waals surface area contributed by atoms with E-state index in [9.17, 15) is 9.90 Å². The Labute approximate surface area is 138 Å². The van der Waals surface area contributed by atoms with Crippen LogP contribution in [0.5, 0.6) is 5.75 Å². The zero-order chi connectivity index (χ0) is 16.8. The Hall–Kier alpha value is -1.59. The van der Waals surface area contributed by atoms with Crippen molar-refractivity contribution in [1.82, 2.24) is 10.2 Å². The predicted molar refractivity (Wildman–Crippen MR) is 90.3 cm³/mol. The van der Waals surface area contributed by atoms with Crippen molar-refractivity contribution < 1.29 is 14.6 Å². The van der Waals surface area contributed by atoms with E-state index in [1.54, 1.807) is 7.11 Å². The number of rotatable bonds is 7. The lowest BCUT2D eigenvalue weighted by Gasteiger charge is -2.30. The monoisotopic (exact) mass is 320 g/mol. The fourth-order valence-corrected chi connectivity index (χ4v) is 3.28. The molecule has 1 aromatic carbocycles. The maximum atomic E-state index is 12.4. The van der Waals surface area contributed by atoms with Crippen molar-refractivity contribution in [2.24, 2.45) is 0 Å². The quantitative estimate of drug-likeness (QED) is 0.806. The molecule has 2 rings (SSSR count). The summed E-state index contributed by atoms with van der Waals surface area (Å²) in [5, 5.41) is 12.6. The highest BCUT2D eigenvalue weighted by Gasteiger charge is 2.32. The van der Waals surface area contributed by atoms with Gasteiger partial charge in [0.2, 0.25) is 5.91 Å². The van der Waals surface area contributed by atoms with Crippen molar-refractivity contribution in [1.29, 1.82) is 0 Å². The van der Waals surface area contributed by atoms with Crippen molar-refractivity contribution in [3.05, 3.63) is 29.8 Å². The lowest BCUT2D eigenvalue weighted by Crippen LogP contribution is -2.47.